The topological polar surface area (TPSA) is 100 Å². The molecule has 3 amide bonds. The summed E-state index contributed by atoms with van der Waals surface area (Å²) in [4.78, 5) is 36.2. The van der Waals surface area contributed by atoms with Crippen molar-refractivity contribution in [2.75, 3.05) is 17.2 Å². The van der Waals surface area contributed by atoms with Crippen molar-refractivity contribution < 1.29 is 18.8 Å². The quantitative estimate of drug-likeness (QED) is 0.598. The Morgan fingerprint density at radius 2 is 1.52 bits per heavy atom. The molecule has 0 atom stereocenters. The Bertz CT molecular complexity index is 1020. The number of aryl methyl sites for hydroxylation is 2. The maximum absolute atomic E-state index is 12.2. The molecule has 7 heteroatoms. The Hall–Kier alpha value is -3.87. The molecule has 0 radical (unpaired) electrons. The van der Waals surface area contributed by atoms with Crippen LogP contribution in [0, 0.1) is 13.8 Å². The minimum absolute atomic E-state index is 0.150. The van der Waals surface area contributed by atoms with Crippen molar-refractivity contribution >= 4 is 29.1 Å². The molecule has 0 saturated heterocycles. The van der Waals surface area contributed by atoms with Gasteiger partial charge in [0.2, 0.25) is 5.91 Å². The molecule has 148 valence electrons. The van der Waals surface area contributed by atoms with Crippen LogP contribution in [0.2, 0.25) is 0 Å². The smallest absolute Gasteiger partial charge is 0.291 e. The third-order valence-electron chi connectivity index (χ3n) is 4.35. The summed E-state index contributed by atoms with van der Waals surface area (Å²) in [5, 5.41) is 7.98. The second-order valence-electron chi connectivity index (χ2n) is 6.54. The summed E-state index contributed by atoms with van der Waals surface area (Å²) >= 11 is 0. The minimum Gasteiger partial charge on any atom is -0.459 e. The van der Waals surface area contributed by atoms with E-state index in [-0.39, 0.29) is 30.0 Å². The van der Waals surface area contributed by atoms with Gasteiger partial charge in [-0.25, -0.2) is 0 Å². The molecular formula is C22H21N3O4. The number of hydrogen-bond acceptors (Lipinski definition) is 4. The zero-order valence-electron chi connectivity index (χ0n) is 16.1. The summed E-state index contributed by atoms with van der Waals surface area (Å²) in [7, 11) is 0. The number of nitrogens with one attached hydrogen (secondary N) is 3. The second-order valence-corrected chi connectivity index (χ2v) is 6.54. The SMILES string of the molecule is Cc1ccc(C(=O)NCC(=O)Nc2ccc(NC(=O)c3ccco3)cc2)cc1C. The molecule has 3 aromatic rings. The summed E-state index contributed by atoms with van der Waals surface area (Å²) < 4.78 is 5.03. The van der Waals surface area contributed by atoms with Gasteiger partial charge in [-0.2, -0.15) is 0 Å². The van der Waals surface area contributed by atoms with Gasteiger partial charge in [-0.1, -0.05) is 6.07 Å². The Morgan fingerprint density at radius 3 is 2.14 bits per heavy atom. The van der Waals surface area contributed by atoms with E-state index in [4.69, 9.17) is 4.42 Å². The fraction of sp³-hybridized carbons (Fsp3) is 0.136. The number of benzene rings is 2. The van der Waals surface area contributed by atoms with Crippen molar-refractivity contribution in [1.82, 2.24) is 5.32 Å². The molecule has 0 spiro atoms. The highest BCUT2D eigenvalue weighted by Crippen LogP contribution is 2.15. The predicted molar refractivity (Wildman–Crippen MR) is 110 cm³/mol. The molecule has 1 aromatic heterocycles. The van der Waals surface area contributed by atoms with Crippen LogP contribution in [0.25, 0.3) is 0 Å². The summed E-state index contributed by atoms with van der Waals surface area (Å²) in [6, 6.07) is 15.2. The van der Waals surface area contributed by atoms with Crippen LogP contribution < -0.4 is 16.0 Å². The fourth-order valence-corrected chi connectivity index (χ4v) is 2.59. The lowest BCUT2D eigenvalue weighted by Crippen LogP contribution is -2.32. The highest BCUT2D eigenvalue weighted by molar-refractivity contribution is 6.02. The molecule has 0 unspecified atom stereocenters. The lowest BCUT2D eigenvalue weighted by atomic mass is 10.1. The Balaban J connectivity index is 1.49. The zero-order chi connectivity index (χ0) is 20.8. The number of carbonyl (C=O) groups excluding carboxylic acids is 3. The first kappa shape index (κ1) is 19.9. The van der Waals surface area contributed by atoms with Crippen molar-refractivity contribution in [2.45, 2.75) is 13.8 Å². The number of hydrogen-bond donors (Lipinski definition) is 3. The lowest BCUT2D eigenvalue weighted by molar-refractivity contribution is -0.115. The first-order chi connectivity index (χ1) is 13.9. The highest BCUT2D eigenvalue weighted by Gasteiger charge is 2.10. The fourth-order valence-electron chi connectivity index (χ4n) is 2.59. The van der Waals surface area contributed by atoms with Gasteiger partial charge in [0.15, 0.2) is 5.76 Å². The molecule has 0 aliphatic carbocycles. The van der Waals surface area contributed by atoms with Crippen molar-refractivity contribution in [2.24, 2.45) is 0 Å². The van der Waals surface area contributed by atoms with Crippen molar-refractivity contribution in [3.8, 4) is 0 Å². The van der Waals surface area contributed by atoms with Crippen LogP contribution in [0.5, 0.6) is 0 Å². The van der Waals surface area contributed by atoms with Gasteiger partial charge < -0.3 is 20.4 Å². The first-order valence-electron chi connectivity index (χ1n) is 9.02. The van der Waals surface area contributed by atoms with E-state index in [1.54, 1.807) is 48.5 Å². The summed E-state index contributed by atoms with van der Waals surface area (Å²) in [6.07, 6.45) is 1.42. The number of amides is 3. The van der Waals surface area contributed by atoms with Crippen molar-refractivity contribution in [1.29, 1.82) is 0 Å². The van der Waals surface area contributed by atoms with E-state index in [9.17, 15) is 14.4 Å². The molecular weight excluding hydrogens is 370 g/mol. The maximum atomic E-state index is 12.2. The lowest BCUT2D eigenvalue weighted by Gasteiger charge is -2.09. The second kappa shape index (κ2) is 8.88. The molecule has 0 saturated carbocycles. The number of anilines is 2. The van der Waals surface area contributed by atoms with Crippen LogP contribution in [0.4, 0.5) is 11.4 Å². The Kier molecular flexibility index (Phi) is 6.09. The molecule has 2 aromatic carbocycles. The van der Waals surface area contributed by atoms with E-state index in [2.05, 4.69) is 16.0 Å². The van der Waals surface area contributed by atoms with E-state index in [1.165, 1.54) is 6.26 Å². The number of rotatable bonds is 6. The van der Waals surface area contributed by atoms with Gasteiger partial charge in [0.25, 0.3) is 11.8 Å². The molecule has 0 aliphatic rings. The van der Waals surface area contributed by atoms with Crippen LogP contribution in [0.15, 0.2) is 65.3 Å². The third-order valence-corrected chi connectivity index (χ3v) is 4.35. The molecule has 29 heavy (non-hydrogen) atoms. The molecule has 0 aliphatic heterocycles. The monoisotopic (exact) mass is 391 g/mol. The highest BCUT2D eigenvalue weighted by atomic mass is 16.3. The molecule has 0 fully saturated rings. The average Bonchev–Trinajstić information content (AvgIpc) is 3.25. The Morgan fingerprint density at radius 1 is 0.828 bits per heavy atom. The van der Waals surface area contributed by atoms with Gasteiger partial charge in [-0.3, -0.25) is 14.4 Å². The Labute approximate surface area is 168 Å². The van der Waals surface area contributed by atoms with E-state index in [1.807, 2.05) is 19.9 Å². The molecule has 3 rings (SSSR count). The molecule has 7 nitrogen and oxygen atoms in total. The van der Waals surface area contributed by atoms with Gasteiger partial charge in [0, 0.05) is 16.9 Å². The minimum atomic E-state index is -0.360. The molecule has 0 bridgehead atoms. The number of carbonyl (C=O) groups is 3. The molecule has 1 heterocycles. The van der Waals surface area contributed by atoms with Gasteiger partial charge in [0.1, 0.15) is 0 Å². The van der Waals surface area contributed by atoms with Crippen LogP contribution >= 0.6 is 0 Å². The van der Waals surface area contributed by atoms with E-state index in [0.717, 1.165) is 11.1 Å². The van der Waals surface area contributed by atoms with Gasteiger partial charge >= 0.3 is 0 Å². The van der Waals surface area contributed by atoms with Crippen LogP contribution in [0.1, 0.15) is 32.0 Å². The van der Waals surface area contributed by atoms with E-state index >= 15 is 0 Å². The average molecular weight is 391 g/mol. The van der Waals surface area contributed by atoms with Gasteiger partial charge in [-0.05, 0) is 73.5 Å². The van der Waals surface area contributed by atoms with Gasteiger partial charge in [-0.15, -0.1) is 0 Å². The van der Waals surface area contributed by atoms with Crippen LogP contribution in [0.3, 0.4) is 0 Å². The summed E-state index contributed by atoms with van der Waals surface area (Å²) in [6.45, 7) is 3.75. The predicted octanol–water partition coefficient (Wildman–Crippen LogP) is 3.52. The maximum Gasteiger partial charge on any atom is 0.291 e. The van der Waals surface area contributed by atoms with E-state index in [0.29, 0.717) is 16.9 Å². The largest absolute Gasteiger partial charge is 0.459 e. The summed E-state index contributed by atoms with van der Waals surface area (Å²) in [5.74, 6) is -0.809. The normalized spacial score (nSPS) is 10.3. The standard InChI is InChI=1S/C22H21N3O4/c1-14-5-6-16(12-15(14)2)21(27)23-13-20(26)24-17-7-9-18(10-8-17)25-22(28)19-4-3-11-29-19/h3-12H,13H2,1-2H3,(H,23,27)(H,24,26)(H,25,28). The van der Waals surface area contributed by atoms with Crippen molar-refractivity contribution in [3.63, 3.8) is 0 Å². The summed E-state index contributed by atoms with van der Waals surface area (Å²) in [5.41, 5.74) is 3.74. The van der Waals surface area contributed by atoms with Crippen LogP contribution in [-0.2, 0) is 4.79 Å². The first-order valence-corrected chi connectivity index (χ1v) is 9.02. The van der Waals surface area contributed by atoms with E-state index < -0.39 is 0 Å². The number of furan rings is 1. The molecule has 3 N–H and O–H groups in total. The van der Waals surface area contributed by atoms with Gasteiger partial charge in [0.05, 0.1) is 12.8 Å². The zero-order valence-corrected chi connectivity index (χ0v) is 16.1. The van der Waals surface area contributed by atoms with Crippen molar-refractivity contribution in [3.05, 3.63) is 83.3 Å². The third kappa shape index (κ3) is 5.32. The van der Waals surface area contributed by atoms with Crippen LogP contribution in [-0.4, -0.2) is 24.3 Å².